The normalized spacial score (nSPS) is 10.1. The van der Waals surface area contributed by atoms with Crippen molar-refractivity contribution in [2.24, 2.45) is 5.73 Å². The van der Waals surface area contributed by atoms with Crippen molar-refractivity contribution in [1.29, 1.82) is 0 Å². The summed E-state index contributed by atoms with van der Waals surface area (Å²) in [6, 6.07) is 5.56. The van der Waals surface area contributed by atoms with Crippen LogP contribution in [-0.4, -0.2) is 17.1 Å². The average molecular weight is 279 g/mol. The van der Waals surface area contributed by atoms with Crippen molar-refractivity contribution in [2.45, 2.75) is 6.54 Å². The van der Waals surface area contributed by atoms with E-state index in [-0.39, 0.29) is 0 Å². The molecule has 0 saturated carbocycles. The Hall–Kier alpha value is -1.66. The molecule has 0 aliphatic heterocycles. The number of nitrogens with one attached hydrogen (secondary N) is 1. The highest BCUT2D eigenvalue weighted by Gasteiger charge is 2.07. The molecule has 0 spiro atoms. The Labute approximate surface area is 115 Å². The van der Waals surface area contributed by atoms with Crippen LogP contribution in [-0.2, 0) is 6.54 Å². The minimum atomic E-state index is 0.360. The fraction of sp³-hybridized carbons (Fsp3) is 0.167. The van der Waals surface area contributed by atoms with E-state index in [0.29, 0.717) is 11.5 Å². The summed E-state index contributed by atoms with van der Waals surface area (Å²) in [5.41, 5.74) is 10.1. The molecule has 1 aromatic heterocycles. The molecule has 6 heteroatoms. The van der Waals surface area contributed by atoms with Gasteiger partial charge in [0, 0.05) is 22.7 Å². The lowest BCUT2D eigenvalue weighted by Crippen LogP contribution is -2.13. The molecule has 4 nitrogen and oxygen atoms in total. The predicted molar refractivity (Wildman–Crippen MR) is 78.3 cm³/mol. The Bertz CT molecular complexity index is 540. The van der Waals surface area contributed by atoms with Crippen LogP contribution in [0.4, 0.5) is 5.69 Å². The number of benzene rings is 1. The molecule has 94 valence electrons. The van der Waals surface area contributed by atoms with Gasteiger partial charge >= 0.3 is 0 Å². The highest BCUT2D eigenvalue weighted by atomic mass is 32.1. The summed E-state index contributed by atoms with van der Waals surface area (Å²) in [6.45, 7) is 0.631. The van der Waals surface area contributed by atoms with Crippen LogP contribution >= 0.6 is 23.6 Å². The van der Waals surface area contributed by atoms with Gasteiger partial charge in [-0.3, -0.25) is 0 Å². The molecule has 18 heavy (non-hydrogen) atoms. The summed E-state index contributed by atoms with van der Waals surface area (Å²) in [7, 11) is 1.62. The van der Waals surface area contributed by atoms with E-state index >= 15 is 0 Å². The van der Waals surface area contributed by atoms with Gasteiger partial charge in [-0.1, -0.05) is 12.2 Å². The second-order valence-electron chi connectivity index (χ2n) is 3.61. The molecule has 0 amide bonds. The first-order chi connectivity index (χ1) is 8.70. The Morgan fingerprint density at radius 1 is 1.56 bits per heavy atom. The maximum atomic E-state index is 5.69. The number of methoxy groups -OCH3 is 1. The summed E-state index contributed by atoms with van der Waals surface area (Å²) < 4.78 is 5.19. The third kappa shape index (κ3) is 2.96. The maximum absolute atomic E-state index is 5.69. The van der Waals surface area contributed by atoms with Crippen molar-refractivity contribution >= 4 is 34.2 Å². The molecule has 0 bridgehead atoms. The largest absolute Gasteiger partial charge is 0.497 e. The lowest BCUT2D eigenvalue weighted by Gasteiger charge is -2.12. The van der Waals surface area contributed by atoms with Crippen molar-refractivity contribution < 1.29 is 4.74 Å². The number of ether oxygens (including phenoxy) is 1. The number of thiazole rings is 1. The molecule has 0 aliphatic rings. The third-order valence-electron chi connectivity index (χ3n) is 2.44. The van der Waals surface area contributed by atoms with Crippen LogP contribution in [0.1, 0.15) is 11.3 Å². The Morgan fingerprint density at radius 2 is 2.39 bits per heavy atom. The fourth-order valence-electron chi connectivity index (χ4n) is 1.52. The Kier molecular flexibility index (Phi) is 4.11. The van der Waals surface area contributed by atoms with Gasteiger partial charge in [0.15, 0.2) is 0 Å². The first-order valence-electron chi connectivity index (χ1n) is 5.29. The molecular weight excluding hydrogens is 266 g/mol. The van der Waals surface area contributed by atoms with Crippen molar-refractivity contribution in [3.05, 3.63) is 40.3 Å². The van der Waals surface area contributed by atoms with E-state index in [0.717, 1.165) is 22.7 Å². The molecule has 0 saturated heterocycles. The van der Waals surface area contributed by atoms with Crippen LogP contribution < -0.4 is 15.8 Å². The molecule has 0 radical (unpaired) electrons. The summed E-state index contributed by atoms with van der Waals surface area (Å²) in [6.07, 6.45) is 0. The molecule has 0 atom stereocenters. The van der Waals surface area contributed by atoms with E-state index in [1.165, 1.54) is 0 Å². The summed E-state index contributed by atoms with van der Waals surface area (Å²) in [4.78, 5) is 4.57. The first-order valence-corrected chi connectivity index (χ1v) is 6.64. The highest BCUT2D eigenvalue weighted by Crippen LogP contribution is 2.23. The minimum absolute atomic E-state index is 0.360. The van der Waals surface area contributed by atoms with Gasteiger partial charge in [0.25, 0.3) is 0 Å². The third-order valence-corrected chi connectivity index (χ3v) is 3.29. The van der Waals surface area contributed by atoms with Crippen molar-refractivity contribution in [2.75, 3.05) is 12.4 Å². The fourth-order valence-corrected chi connectivity index (χ4v) is 2.26. The van der Waals surface area contributed by atoms with Gasteiger partial charge in [0.1, 0.15) is 10.7 Å². The summed E-state index contributed by atoms with van der Waals surface area (Å²) >= 11 is 6.59. The highest BCUT2D eigenvalue weighted by molar-refractivity contribution is 7.80. The number of nitrogens with two attached hydrogens (primary N) is 1. The molecule has 0 fully saturated rings. The monoisotopic (exact) mass is 279 g/mol. The van der Waals surface area contributed by atoms with Crippen LogP contribution in [0.3, 0.4) is 0 Å². The van der Waals surface area contributed by atoms with E-state index in [4.69, 9.17) is 22.7 Å². The van der Waals surface area contributed by atoms with E-state index in [1.54, 1.807) is 24.0 Å². The Morgan fingerprint density at radius 3 is 3.00 bits per heavy atom. The van der Waals surface area contributed by atoms with E-state index in [9.17, 15) is 0 Å². The van der Waals surface area contributed by atoms with Gasteiger partial charge in [0.2, 0.25) is 0 Å². The second-order valence-corrected chi connectivity index (χ2v) is 4.77. The van der Waals surface area contributed by atoms with Crippen molar-refractivity contribution in [3.8, 4) is 5.75 Å². The SMILES string of the molecule is COc1ccc(C(N)=S)c(NCc2cscn2)c1. The van der Waals surface area contributed by atoms with Gasteiger partial charge in [0.05, 0.1) is 24.9 Å². The number of thiocarbonyl (C=S) groups is 1. The van der Waals surface area contributed by atoms with Gasteiger partial charge in [-0.2, -0.15) is 0 Å². The first kappa shape index (κ1) is 12.8. The van der Waals surface area contributed by atoms with Crippen LogP contribution in [0.25, 0.3) is 0 Å². The van der Waals surface area contributed by atoms with Crippen molar-refractivity contribution in [1.82, 2.24) is 4.98 Å². The maximum Gasteiger partial charge on any atom is 0.120 e. The number of hydrogen-bond acceptors (Lipinski definition) is 5. The summed E-state index contributed by atoms with van der Waals surface area (Å²) in [5.74, 6) is 0.760. The lowest BCUT2D eigenvalue weighted by molar-refractivity contribution is 0.415. The topological polar surface area (TPSA) is 60.2 Å². The van der Waals surface area contributed by atoms with Crippen molar-refractivity contribution in [3.63, 3.8) is 0 Å². The molecule has 3 N–H and O–H groups in total. The molecule has 2 aromatic rings. The zero-order valence-corrected chi connectivity index (χ0v) is 11.5. The standard InChI is InChI=1S/C12H13N3OS2/c1-16-9-2-3-10(12(13)17)11(4-9)14-5-8-6-18-7-15-8/h2-4,6-7,14H,5H2,1H3,(H2,13,17). The number of nitrogens with zero attached hydrogens (tertiary/aromatic N) is 1. The van der Waals surface area contributed by atoms with Gasteiger partial charge < -0.3 is 15.8 Å². The molecule has 2 rings (SSSR count). The van der Waals surface area contributed by atoms with Crippen LogP contribution in [0, 0.1) is 0 Å². The van der Waals surface area contributed by atoms with Gasteiger partial charge in [-0.25, -0.2) is 4.98 Å². The van der Waals surface area contributed by atoms with E-state index in [2.05, 4.69) is 10.3 Å². The molecule has 1 aromatic carbocycles. The van der Waals surface area contributed by atoms with Crippen LogP contribution in [0.2, 0.25) is 0 Å². The van der Waals surface area contributed by atoms with Crippen LogP contribution in [0.15, 0.2) is 29.1 Å². The quantitative estimate of drug-likeness (QED) is 0.823. The summed E-state index contributed by atoms with van der Waals surface area (Å²) in [5, 5.41) is 5.26. The van der Waals surface area contributed by atoms with E-state index < -0.39 is 0 Å². The van der Waals surface area contributed by atoms with Crippen LogP contribution in [0.5, 0.6) is 5.75 Å². The number of aromatic nitrogens is 1. The smallest absolute Gasteiger partial charge is 0.120 e. The second kappa shape index (κ2) is 5.79. The molecular formula is C12H13N3OS2. The van der Waals surface area contributed by atoms with E-state index in [1.807, 2.05) is 23.6 Å². The zero-order chi connectivity index (χ0) is 13.0. The lowest BCUT2D eigenvalue weighted by atomic mass is 10.1. The molecule has 0 unspecified atom stereocenters. The Balaban J connectivity index is 2.20. The average Bonchev–Trinajstić information content (AvgIpc) is 2.88. The molecule has 0 aliphatic carbocycles. The number of rotatable bonds is 5. The zero-order valence-electron chi connectivity index (χ0n) is 9.84. The minimum Gasteiger partial charge on any atom is -0.497 e. The molecule has 1 heterocycles. The van der Waals surface area contributed by atoms with Gasteiger partial charge in [-0.05, 0) is 12.1 Å². The predicted octanol–water partition coefficient (Wildman–Crippen LogP) is 2.40. The number of anilines is 1. The number of hydrogen-bond donors (Lipinski definition) is 2. The van der Waals surface area contributed by atoms with Gasteiger partial charge in [-0.15, -0.1) is 11.3 Å².